The van der Waals surface area contributed by atoms with Crippen molar-refractivity contribution in [3.8, 4) is 0 Å². The Kier molecular flexibility index (Phi) is 5.74. The zero-order valence-corrected chi connectivity index (χ0v) is 12.2. The van der Waals surface area contributed by atoms with Gasteiger partial charge in [0.15, 0.2) is 0 Å². The third kappa shape index (κ3) is 3.59. The van der Waals surface area contributed by atoms with Crippen molar-refractivity contribution in [3.63, 3.8) is 0 Å². The Labute approximate surface area is 119 Å². The van der Waals surface area contributed by atoms with Crippen LogP contribution in [0, 0.1) is 5.92 Å². The maximum absolute atomic E-state index is 11.5. The number of carboxylic acids is 2. The monoisotopic (exact) mass is 278 g/mol. The summed E-state index contributed by atoms with van der Waals surface area (Å²) in [6.07, 6.45) is 2.90. The van der Waals surface area contributed by atoms with Crippen LogP contribution in [0.25, 0.3) is 0 Å². The second-order valence-corrected chi connectivity index (χ2v) is 5.37. The highest BCUT2D eigenvalue weighted by atomic mass is 16.4. The van der Waals surface area contributed by atoms with E-state index in [1.807, 2.05) is 13.8 Å². The van der Waals surface area contributed by atoms with Gasteiger partial charge in [0.1, 0.15) is 0 Å². The number of hydrogen-bond donors (Lipinski definition) is 2. The van der Waals surface area contributed by atoms with Gasteiger partial charge in [-0.05, 0) is 29.9 Å². The van der Waals surface area contributed by atoms with E-state index in [1.54, 1.807) is 12.1 Å². The molecule has 1 atom stereocenters. The smallest absolute Gasteiger partial charge is 0.336 e. The number of aromatic carboxylic acids is 2. The summed E-state index contributed by atoms with van der Waals surface area (Å²) in [4.78, 5) is 22.7. The maximum atomic E-state index is 11.5. The number of hydrogen-bond acceptors (Lipinski definition) is 2. The van der Waals surface area contributed by atoms with E-state index in [9.17, 15) is 19.8 Å². The normalized spacial score (nSPS) is 12.4. The van der Waals surface area contributed by atoms with Crippen molar-refractivity contribution in [2.75, 3.05) is 0 Å². The van der Waals surface area contributed by atoms with Gasteiger partial charge in [-0.2, -0.15) is 0 Å². The lowest BCUT2D eigenvalue weighted by Crippen LogP contribution is -2.16. The second kappa shape index (κ2) is 7.08. The van der Waals surface area contributed by atoms with Crippen molar-refractivity contribution < 1.29 is 19.8 Å². The lowest BCUT2D eigenvalue weighted by molar-refractivity contribution is 0.0649. The van der Waals surface area contributed by atoms with Crippen molar-refractivity contribution in [2.45, 2.75) is 46.0 Å². The molecule has 1 unspecified atom stereocenters. The highest BCUT2D eigenvalue weighted by Gasteiger charge is 2.26. The van der Waals surface area contributed by atoms with Gasteiger partial charge in [0.05, 0.1) is 11.1 Å². The molecule has 1 rings (SSSR count). The highest BCUT2D eigenvalue weighted by Crippen LogP contribution is 2.33. The van der Waals surface area contributed by atoms with Gasteiger partial charge in [0.2, 0.25) is 0 Å². The summed E-state index contributed by atoms with van der Waals surface area (Å²) in [5.74, 6) is -2.02. The summed E-state index contributed by atoms with van der Waals surface area (Å²) in [5, 5.41) is 18.6. The standard InChI is InChI=1S/C16H22O4/c1-4-5-7-11(10(2)3)12-8-6-9-13(15(17)18)14(12)16(19)20/h6,8-11H,4-5,7H2,1-3H3,(H,17,18)(H,19,20). The van der Waals surface area contributed by atoms with Crippen molar-refractivity contribution in [3.05, 3.63) is 34.9 Å². The quantitative estimate of drug-likeness (QED) is 0.790. The summed E-state index contributed by atoms with van der Waals surface area (Å²) in [5.41, 5.74) is 0.452. The van der Waals surface area contributed by atoms with Gasteiger partial charge in [0.25, 0.3) is 0 Å². The Hall–Kier alpha value is -1.84. The highest BCUT2D eigenvalue weighted by molar-refractivity contribution is 6.02. The first-order valence-electron chi connectivity index (χ1n) is 6.99. The average Bonchev–Trinajstić information content (AvgIpc) is 2.38. The van der Waals surface area contributed by atoms with Gasteiger partial charge in [-0.1, -0.05) is 45.7 Å². The van der Waals surface area contributed by atoms with E-state index in [0.717, 1.165) is 19.3 Å². The first-order valence-corrected chi connectivity index (χ1v) is 6.99. The molecule has 4 heteroatoms. The first kappa shape index (κ1) is 16.2. The molecule has 0 saturated heterocycles. The molecule has 0 amide bonds. The molecule has 0 heterocycles. The summed E-state index contributed by atoms with van der Waals surface area (Å²) < 4.78 is 0. The SMILES string of the molecule is CCCCC(c1cccc(C(=O)O)c1C(=O)O)C(C)C. The van der Waals surface area contributed by atoms with Crippen molar-refractivity contribution in [2.24, 2.45) is 5.92 Å². The van der Waals surface area contributed by atoms with Crippen LogP contribution in [0.3, 0.4) is 0 Å². The zero-order valence-electron chi connectivity index (χ0n) is 12.2. The molecule has 0 aliphatic heterocycles. The van der Waals surface area contributed by atoms with Gasteiger partial charge < -0.3 is 10.2 Å². The first-order chi connectivity index (χ1) is 9.40. The van der Waals surface area contributed by atoms with Crippen molar-refractivity contribution >= 4 is 11.9 Å². The molecular formula is C16H22O4. The Bertz CT molecular complexity index is 491. The zero-order chi connectivity index (χ0) is 15.3. The van der Waals surface area contributed by atoms with Crippen LogP contribution in [0.15, 0.2) is 18.2 Å². The van der Waals surface area contributed by atoms with E-state index < -0.39 is 11.9 Å². The van der Waals surface area contributed by atoms with Gasteiger partial charge in [-0.15, -0.1) is 0 Å². The molecule has 0 bridgehead atoms. The molecule has 2 N–H and O–H groups in total. The summed E-state index contributed by atoms with van der Waals surface area (Å²) in [6.45, 7) is 6.17. The van der Waals surface area contributed by atoms with Gasteiger partial charge in [-0.25, -0.2) is 9.59 Å². The van der Waals surface area contributed by atoms with Gasteiger partial charge in [0, 0.05) is 0 Å². The molecular weight excluding hydrogens is 256 g/mol. The minimum absolute atomic E-state index is 0.0604. The lowest BCUT2D eigenvalue weighted by atomic mass is 9.81. The van der Waals surface area contributed by atoms with E-state index in [0.29, 0.717) is 5.56 Å². The molecule has 0 saturated carbocycles. The van der Waals surface area contributed by atoms with Gasteiger partial charge in [-0.3, -0.25) is 0 Å². The molecule has 0 fully saturated rings. The second-order valence-electron chi connectivity index (χ2n) is 5.37. The van der Waals surface area contributed by atoms with Gasteiger partial charge >= 0.3 is 11.9 Å². The fourth-order valence-electron chi connectivity index (χ4n) is 2.57. The summed E-state index contributed by atoms with van der Waals surface area (Å²) >= 11 is 0. The molecule has 4 nitrogen and oxygen atoms in total. The largest absolute Gasteiger partial charge is 0.478 e. The van der Waals surface area contributed by atoms with Crippen LogP contribution < -0.4 is 0 Å². The number of benzene rings is 1. The molecule has 0 aromatic heterocycles. The van der Waals surface area contributed by atoms with E-state index in [-0.39, 0.29) is 23.0 Å². The molecule has 0 aliphatic rings. The Morgan fingerprint density at radius 2 is 1.80 bits per heavy atom. The number of carboxylic acid groups (broad SMARTS) is 2. The van der Waals surface area contributed by atoms with Crippen LogP contribution in [0.1, 0.15) is 72.2 Å². The maximum Gasteiger partial charge on any atom is 0.336 e. The summed E-state index contributed by atoms with van der Waals surface area (Å²) in [6, 6.07) is 4.73. The third-order valence-corrected chi connectivity index (χ3v) is 3.61. The van der Waals surface area contributed by atoms with Crippen LogP contribution in [0.2, 0.25) is 0 Å². The van der Waals surface area contributed by atoms with E-state index in [2.05, 4.69) is 6.92 Å². The fraction of sp³-hybridized carbons (Fsp3) is 0.500. The van der Waals surface area contributed by atoms with Crippen molar-refractivity contribution in [1.82, 2.24) is 0 Å². The average molecular weight is 278 g/mol. The Balaban J connectivity index is 3.37. The van der Waals surface area contributed by atoms with E-state index in [4.69, 9.17) is 0 Å². The third-order valence-electron chi connectivity index (χ3n) is 3.61. The molecule has 20 heavy (non-hydrogen) atoms. The molecule has 1 aromatic carbocycles. The van der Waals surface area contributed by atoms with Crippen LogP contribution in [-0.2, 0) is 0 Å². The van der Waals surface area contributed by atoms with Crippen LogP contribution in [-0.4, -0.2) is 22.2 Å². The predicted molar refractivity (Wildman–Crippen MR) is 77.5 cm³/mol. The lowest BCUT2D eigenvalue weighted by Gasteiger charge is -2.23. The van der Waals surface area contributed by atoms with Crippen molar-refractivity contribution in [1.29, 1.82) is 0 Å². The molecule has 110 valence electrons. The van der Waals surface area contributed by atoms with E-state index in [1.165, 1.54) is 6.07 Å². The molecule has 0 radical (unpaired) electrons. The molecule has 0 aliphatic carbocycles. The van der Waals surface area contributed by atoms with Crippen LogP contribution in [0.5, 0.6) is 0 Å². The topological polar surface area (TPSA) is 74.6 Å². The minimum Gasteiger partial charge on any atom is -0.478 e. The van der Waals surface area contributed by atoms with Crippen LogP contribution >= 0.6 is 0 Å². The Morgan fingerprint density at radius 1 is 1.15 bits per heavy atom. The predicted octanol–water partition coefficient (Wildman–Crippen LogP) is 4.01. The van der Waals surface area contributed by atoms with E-state index >= 15 is 0 Å². The number of rotatable bonds is 7. The van der Waals surface area contributed by atoms with Crippen LogP contribution in [0.4, 0.5) is 0 Å². The molecule has 0 spiro atoms. The number of unbranched alkanes of at least 4 members (excludes halogenated alkanes) is 1. The fourth-order valence-corrected chi connectivity index (χ4v) is 2.57. The minimum atomic E-state index is -1.19. The summed E-state index contributed by atoms with van der Waals surface area (Å²) in [7, 11) is 0. The Morgan fingerprint density at radius 3 is 2.25 bits per heavy atom. The number of carbonyl (C=O) groups is 2. The molecule has 1 aromatic rings.